The van der Waals surface area contributed by atoms with Gasteiger partial charge in [-0.15, -0.1) is 0 Å². The normalized spacial score (nSPS) is 12.2. The third-order valence-electron chi connectivity index (χ3n) is 3.67. The lowest BCUT2D eigenvalue weighted by molar-refractivity contribution is -0.137. The Morgan fingerprint density at radius 3 is 2.26 bits per heavy atom. The first-order valence-electron chi connectivity index (χ1n) is 7.60. The summed E-state index contributed by atoms with van der Waals surface area (Å²) in [5, 5.41) is 13.3. The minimum absolute atomic E-state index is 0.0318. The molecule has 2 aromatic carbocycles. The fraction of sp³-hybridized carbons (Fsp3) is 0.176. The fourth-order valence-corrected chi connectivity index (χ4v) is 2.45. The molecule has 1 atom stereocenters. The van der Waals surface area contributed by atoms with Crippen molar-refractivity contribution in [1.29, 1.82) is 0 Å². The summed E-state index contributed by atoms with van der Waals surface area (Å²) >= 11 is 5.79. The number of hydrogen-bond acceptors (Lipinski definition) is 3. The third kappa shape index (κ3) is 5.35. The Morgan fingerprint density at radius 1 is 1.11 bits per heavy atom. The first-order valence-corrected chi connectivity index (χ1v) is 7.98. The number of halogens is 4. The molecule has 1 unspecified atom stereocenters. The van der Waals surface area contributed by atoms with Gasteiger partial charge in [0.05, 0.1) is 22.3 Å². The molecule has 0 heterocycles. The topological polar surface area (TPSA) is 90.5 Å². The molecule has 0 spiro atoms. The van der Waals surface area contributed by atoms with Crippen LogP contribution >= 0.6 is 11.6 Å². The second-order valence-electron chi connectivity index (χ2n) is 5.58. The monoisotopic (exact) mass is 401 g/mol. The minimum Gasteiger partial charge on any atom is -0.331 e. The molecule has 0 aliphatic carbocycles. The predicted octanol–water partition coefficient (Wildman–Crippen LogP) is 4.36. The van der Waals surface area contributed by atoms with E-state index in [0.717, 1.165) is 18.2 Å². The summed E-state index contributed by atoms with van der Waals surface area (Å²) in [7, 11) is 0. The van der Waals surface area contributed by atoms with E-state index >= 15 is 0 Å². The first-order chi connectivity index (χ1) is 12.6. The molecule has 0 radical (unpaired) electrons. The van der Waals surface area contributed by atoms with Crippen molar-refractivity contribution in [3.8, 4) is 0 Å². The Hall–Kier alpha value is -2.78. The highest BCUT2D eigenvalue weighted by atomic mass is 35.5. The van der Waals surface area contributed by atoms with Crippen molar-refractivity contribution in [2.45, 2.75) is 19.1 Å². The molecule has 6 nitrogen and oxygen atoms in total. The lowest BCUT2D eigenvalue weighted by atomic mass is 10.1. The van der Waals surface area contributed by atoms with Gasteiger partial charge in [-0.3, -0.25) is 10.0 Å². The van der Waals surface area contributed by atoms with E-state index in [1.165, 1.54) is 17.6 Å². The summed E-state index contributed by atoms with van der Waals surface area (Å²) in [5.74, 6) is -0.670. The van der Waals surface area contributed by atoms with Gasteiger partial charge in [-0.1, -0.05) is 23.7 Å². The van der Waals surface area contributed by atoms with Gasteiger partial charge >= 0.3 is 12.2 Å². The van der Waals surface area contributed by atoms with Crippen molar-refractivity contribution in [3.63, 3.8) is 0 Å². The second-order valence-corrected chi connectivity index (χ2v) is 5.98. The number of anilines is 1. The average molecular weight is 402 g/mol. The van der Waals surface area contributed by atoms with Gasteiger partial charge in [0.25, 0.3) is 5.91 Å². The number of benzene rings is 2. The molecule has 27 heavy (non-hydrogen) atoms. The smallest absolute Gasteiger partial charge is 0.331 e. The van der Waals surface area contributed by atoms with Crippen molar-refractivity contribution in [2.75, 3.05) is 5.32 Å². The number of hydroxylamine groups is 1. The summed E-state index contributed by atoms with van der Waals surface area (Å²) in [6.07, 6.45) is -4.53. The number of carbonyl (C=O) groups is 2. The SMILES string of the molecule is CC(NC(=O)Nc1ccc(C(F)(F)F)cc1Cl)c1ccc(C(=O)NO)cc1. The summed E-state index contributed by atoms with van der Waals surface area (Å²) in [6.45, 7) is 1.68. The van der Waals surface area contributed by atoms with Gasteiger partial charge in [0, 0.05) is 5.56 Å². The van der Waals surface area contributed by atoms with Crippen molar-refractivity contribution in [2.24, 2.45) is 0 Å². The van der Waals surface area contributed by atoms with Crippen LogP contribution in [0.5, 0.6) is 0 Å². The van der Waals surface area contributed by atoms with Crippen LogP contribution in [-0.4, -0.2) is 17.1 Å². The number of alkyl halides is 3. The van der Waals surface area contributed by atoms with Gasteiger partial charge in [-0.25, -0.2) is 10.3 Å². The summed E-state index contributed by atoms with van der Waals surface area (Å²) in [6, 6.07) is 7.57. The van der Waals surface area contributed by atoms with Crippen molar-refractivity contribution in [3.05, 3.63) is 64.2 Å². The zero-order valence-corrected chi connectivity index (χ0v) is 14.7. The Kier molecular flexibility index (Phi) is 6.29. The van der Waals surface area contributed by atoms with E-state index in [1.807, 2.05) is 0 Å². The number of nitrogens with one attached hydrogen (secondary N) is 3. The maximum absolute atomic E-state index is 12.6. The van der Waals surface area contributed by atoms with Crippen LogP contribution in [0, 0.1) is 0 Å². The summed E-state index contributed by atoms with van der Waals surface area (Å²) in [5.41, 5.74) is 1.52. The maximum atomic E-state index is 12.6. The largest absolute Gasteiger partial charge is 0.416 e. The Labute approximate surface area is 157 Å². The quantitative estimate of drug-likeness (QED) is 0.453. The van der Waals surface area contributed by atoms with Crippen molar-refractivity contribution < 1.29 is 28.0 Å². The van der Waals surface area contributed by atoms with Crippen molar-refractivity contribution >= 4 is 29.2 Å². The number of urea groups is 1. The zero-order valence-electron chi connectivity index (χ0n) is 13.9. The lowest BCUT2D eigenvalue weighted by Gasteiger charge is -2.16. The number of rotatable bonds is 4. The van der Waals surface area contributed by atoms with Crippen LogP contribution in [0.3, 0.4) is 0 Å². The number of amides is 3. The highest BCUT2D eigenvalue weighted by Gasteiger charge is 2.31. The minimum atomic E-state index is -4.53. The van der Waals surface area contributed by atoms with Crippen LogP contribution in [0.4, 0.5) is 23.7 Å². The van der Waals surface area contributed by atoms with Gasteiger partial charge in [-0.2, -0.15) is 13.2 Å². The van der Waals surface area contributed by atoms with Gasteiger partial charge in [0.15, 0.2) is 0 Å². The van der Waals surface area contributed by atoms with E-state index in [0.29, 0.717) is 5.56 Å². The van der Waals surface area contributed by atoms with Gasteiger partial charge in [-0.05, 0) is 42.8 Å². The average Bonchev–Trinajstić information content (AvgIpc) is 2.61. The molecule has 0 saturated heterocycles. The van der Waals surface area contributed by atoms with E-state index in [2.05, 4.69) is 10.6 Å². The first kappa shape index (κ1) is 20.5. The molecule has 0 bridgehead atoms. The van der Waals surface area contributed by atoms with Gasteiger partial charge in [0.1, 0.15) is 0 Å². The van der Waals surface area contributed by atoms with E-state index in [1.54, 1.807) is 19.1 Å². The second kappa shape index (κ2) is 8.28. The standard InChI is InChI=1S/C17H15ClF3N3O3/c1-9(10-2-4-11(5-3-10)15(25)24-27)22-16(26)23-14-7-6-12(8-13(14)18)17(19,20)21/h2-9,27H,1H3,(H,24,25)(H2,22,23,26). The molecule has 4 N–H and O–H groups in total. The van der Waals surface area contributed by atoms with Crippen LogP contribution in [0.25, 0.3) is 0 Å². The highest BCUT2D eigenvalue weighted by molar-refractivity contribution is 6.33. The predicted molar refractivity (Wildman–Crippen MR) is 92.7 cm³/mol. The van der Waals surface area contributed by atoms with Crippen molar-refractivity contribution in [1.82, 2.24) is 10.8 Å². The Morgan fingerprint density at radius 2 is 1.74 bits per heavy atom. The van der Waals surface area contributed by atoms with E-state index in [4.69, 9.17) is 16.8 Å². The maximum Gasteiger partial charge on any atom is 0.416 e. The lowest BCUT2D eigenvalue weighted by Crippen LogP contribution is -2.31. The zero-order chi connectivity index (χ0) is 20.2. The van der Waals surface area contributed by atoms with Crippen LogP contribution < -0.4 is 16.1 Å². The molecule has 144 valence electrons. The van der Waals surface area contributed by atoms with E-state index in [9.17, 15) is 22.8 Å². The Balaban J connectivity index is 2.02. The number of hydrogen-bond donors (Lipinski definition) is 4. The van der Waals surface area contributed by atoms with Crippen LogP contribution in [0.2, 0.25) is 5.02 Å². The molecule has 0 aromatic heterocycles. The van der Waals surface area contributed by atoms with Crippen LogP contribution in [0.1, 0.15) is 34.5 Å². The fourth-order valence-electron chi connectivity index (χ4n) is 2.22. The molecular formula is C17H15ClF3N3O3. The van der Waals surface area contributed by atoms with Crippen LogP contribution in [-0.2, 0) is 6.18 Å². The summed E-state index contributed by atoms with van der Waals surface area (Å²) < 4.78 is 37.9. The van der Waals surface area contributed by atoms with E-state index < -0.39 is 29.7 Å². The van der Waals surface area contributed by atoms with Gasteiger partial charge < -0.3 is 10.6 Å². The molecule has 0 saturated carbocycles. The van der Waals surface area contributed by atoms with Crippen LogP contribution in [0.15, 0.2) is 42.5 Å². The molecule has 2 rings (SSSR count). The molecule has 0 fully saturated rings. The van der Waals surface area contributed by atoms with Gasteiger partial charge in [0.2, 0.25) is 0 Å². The molecule has 10 heteroatoms. The van der Waals surface area contributed by atoms with E-state index in [-0.39, 0.29) is 16.3 Å². The third-order valence-corrected chi connectivity index (χ3v) is 3.98. The molecule has 0 aliphatic heterocycles. The molecule has 2 aromatic rings. The molecule has 3 amide bonds. The molecular weight excluding hydrogens is 387 g/mol. The number of carbonyl (C=O) groups excluding carboxylic acids is 2. The highest BCUT2D eigenvalue weighted by Crippen LogP contribution is 2.33. The Bertz CT molecular complexity index is 842. The molecule has 0 aliphatic rings. The summed E-state index contributed by atoms with van der Waals surface area (Å²) in [4.78, 5) is 23.3.